The Labute approximate surface area is 194 Å². The lowest BCUT2D eigenvalue weighted by Crippen LogP contribution is -2.07. The zero-order valence-corrected chi connectivity index (χ0v) is 19.5. The summed E-state index contributed by atoms with van der Waals surface area (Å²) in [5, 5.41) is 13.2. The van der Waals surface area contributed by atoms with Crippen LogP contribution in [0.3, 0.4) is 0 Å². The Bertz CT molecular complexity index is 1140. The molecule has 31 heavy (non-hydrogen) atoms. The number of ether oxygens (including phenoxy) is 2. The van der Waals surface area contributed by atoms with Gasteiger partial charge in [-0.05, 0) is 37.3 Å². The summed E-state index contributed by atoms with van der Waals surface area (Å²) in [5.41, 5.74) is 1.95. The van der Waals surface area contributed by atoms with E-state index >= 15 is 0 Å². The van der Waals surface area contributed by atoms with E-state index in [-0.39, 0.29) is 0 Å². The predicted molar refractivity (Wildman–Crippen MR) is 125 cm³/mol. The second-order valence-electron chi connectivity index (χ2n) is 6.52. The van der Waals surface area contributed by atoms with Gasteiger partial charge in [0.25, 0.3) is 0 Å². The number of halogens is 1. The molecule has 0 N–H and O–H groups in total. The minimum atomic E-state index is 0.348. The van der Waals surface area contributed by atoms with Crippen LogP contribution < -0.4 is 9.47 Å². The zero-order chi connectivity index (χ0) is 21.6. The maximum Gasteiger partial charge on any atom is 0.191 e. The third-order valence-electron chi connectivity index (χ3n) is 4.54. The van der Waals surface area contributed by atoms with Crippen molar-refractivity contribution in [2.45, 2.75) is 31.0 Å². The molecular weight excluding hydrogens is 452 g/mol. The zero-order valence-electron chi connectivity index (χ0n) is 17.1. The smallest absolute Gasteiger partial charge is 0.191 e. The number of nitrogens with zero attached hydrogens (tertiary/aromatic N) is 4. The van der Waals surface area contributed by atoms with Gasteiger partial charge in [0.1, 0.15) is 23.1 Å². The van der Waals surface area contributed by atoms with E-state index < -0.39 is 0 Å². The van der Waals surface area contributed by atoms with Crippen LogP contribution in [0.2, 0.25) is 5.02 Å². The summed E-state index contributed by atoms with van der Waals surface area (Å²) in [6.45, 7) is 3.18. The summed E-state index contributed by atoms with van der Waals surface area (Å²) < 4.78 is 13.1. The highest BCUT2D eigenvalue weighted by Gasteiger charge is 2.14. The molecule has 0 aliphatic heterocycles. The first-order chi connectivity index (χ1) is 15.2. The molecule has 0 aliphatic carbocycles. The molecule has 2 heterocycles. The summed E-state index contributed by atoms with van der Waals surface area (Å²) in [6, 6.07) is 15.2. The molecule has 160 valence electrons. The standard InChI is InChI=1S/C22H21ClN4O2S2/c1-3-27-20(12-29-17-10-8-16(28-2)9-11-17)25-26-22(27)31-14-15-13-30-21(24-15)18-6-4-5-7-19(18)23/h4-11,13H,3,12,14H2,1-2H3. The summed E-state index contributed by atoms with van der Waals surface area (Å²) in [4.78, 5) is 4.73. The quantitative estimate of drug-likeness (QED) is 0.280. The Kier molecular flexibility index (Phi) is 7.11. The number of thioether (sulfide) groups is 1. The van der Waals surface area contributed by atoms with Crippen molar-refractivity contribution in [3.8, 4) is 22.1 Å². The Morgan fingerprint density at radius 3 is 2.58 bits per heavy atom. The van der Waals surface area contributed by atoms with Crippen molar-refractivity contribution >= 4 is 34.7 Å². The van der Waals surface area contributed by atoms with Crippen LogP contribution >= 0.6 is 34.7 Å². The molecule has 6 nitrogen and oxygen atoms in total. The summed E-state index contributed by atoms with van der Waals surface area (Å²) >= 11 is 9.50. The molecular formula is C22H21ClN4O2S2. The Balaban J connectivity index is 1.39. The molecule has 4 aromatic rings. The van der Waals surface area contributed by atoms with Gasteiger partial charge in [0.05, 0.1) is 17.8 Å². The maximum atomic E-state index is 6.29. The van der Waals surface area contributed by atoms with Crippen molar-refractivity contribution in [2.24, 2.45) is 0 Å². The molecule has 0 saturated carbocycles. The molecule has 4 rings (SSSR count). The van der Waals surface area contributed by atoms with Crippen LogP contribution in [0.5, 0.6) is 11.5 Å². The van der Waals surface area contributed by atoms with Gasteiger partial charge in [0, 0.05) is 23.2 Å². The predicted octanol–water partition coefficient (Wildman–Crippen LogP) is 5.95. The van der Waals surface area contributed by atoms with Crippen LogP contribution in [0.4, 0.5) is 0 Å². The van der Waals surface area contributed by atoms with E-state index in [2.05, 4.69) is 27.1 Å². The van der Waals surface area contributed by atoms with Crippen molar-refractivity contribution in [2.75, 3.05) is 7.11 Å². The van der Waals surface area contributed by atoms with E-state index in [0.717, 1.165) is 45.3 Å². The van der Waals surface area contributed by atoms with Crippen LogP contribution in [0.25, 0.3) is 10.6 Å². The third-order valence-corrected chi connectivity index (χ3v) is 6.80. The molecule has 0 unspecified atom stereocenters. The molecule has 0 saturated heterocycles. The van der Waals surface area contributed by atoms with Gasteiger partial charge in [-0.2, -0.15) is 0 Å². The number of rotatable bonds is 9. The monoisotopic (exact) mass is 472 g/mol. The fourth-order valence-electron chi connectivity index (χ4n) is 2.94. The number of hydrogen-bond acceptors (Lipinski definition) is 7. The SMILES string of the molecule is CCn1c(COc2ccc(OC)cc2)nnc1SCc1csc(-c2ccccc2Cl)n1. The molecule has 0 radical (unpaired) electrons. The first kappa shape index (κ1) is 21.7. The molecule has 0 bridgehead atoms. The van der Waals surface area contributed by atoms with Crippen molar-refractivity contribution in [3.63, 3.8) is 0 Å². The Morgan fingerprint density at radius 2 is 1.84 bits per heavy atom. The molecule has 0 aliphatic rings. The topological polar surface area (TPSA) is 62.1 Å². The van der Waals surface area contributed by atoms with Crippen molar-refractivity contribution < 1.29 is 9.47 Å². The first-order valence-electron chi connectivity index (χ1n) is 9.69. The second-order valence-corrected chi connectivity index (χ2v) is 8.73. The molecule has 0 amide bonds. The van der Waals surface area contributed by atoms with Gasteiger partial charge in [-0.1, -0.05) is 41.6 Å². The average Bonchev–Trinajstić information content (AvgIpc) is 3.43. The van der Waals surface area contributed by atoms with E-state index in [0.29, 0.717) is 17.4 Å². The first-order valence-corrected chi connectivity index (χ1v) is 11.9. The van der Waals surface area contributed by atoms with Gasteiger partial charge in [0.2, 0.25) is 0 Å². The van der Waals surface area contributed by atoms with Crippen LogP contribution in [-0.2, 0) is 18.9 Å². The van der Waals surface area contributed by atoms with Gasteiger partial charge >= 0.3 is 0 Å². The number of aromatic nitrogens is 4. The number of thiazole rings is 1. The van der Waals surface area contributed by atoms with E-state index in [1.165, 1.54) is 0 Å². The number of hydrogen-bond donors (Lipinski definition) is 0. The number of benzene rings is 2. The van der Waals surface area contributed by atoms with Gasteiger partial charge < -0.3 is 14.0 Å². The fourth-order valence-corrected chi connectivity index (χ4v) is 5.10. The fraction of sp³-hybridized carbons (Fsp3) is 0.227. The van der Waals surface area contributed by atoms with Crippen LogP contribution in [0, 0.1) is 0 Å². The van der Waals surface area contributed by atoms with E-state index in [1.54, 1.807) is 30.2 Å². The van der Waals surface area contributed by atoms with Gasteiger partial charge in [-0.3, -0.25) is 0 Å². The lowest BCUT2D eigenvalue weighted by molar-refractivity contribution is 0.287. The molecule has 0 spiro atoms. The third kappa shape index (κ3) is 5.20. The van der Waals surface area contributed by atoms with Crippen molar-refractivity contribution in [3.05, 3.63) is 70.5 Å². The van der Waals surface area contributed by atoms with E-state index in [9.17, 15) is 0 Å². The van der Waals surface area contributed by atoms with Gasteiger partial charge in [-0.15, -0.1) is 21.5 Å². The average molecular weight is 473 g/mol. The summed E-state index contributed by atoms with van der Waals surface area (Å²) in [5.74, 6) is 3.05. The van der Waals surface area contributed by atoms with Crippen molar-refractivity contribution in [1.82, 2.24) is 19.7 Å². The molecule has 2 aromatic heterocycles. The van der Waals surface area contributed by atoms with Crippen molar-refractivity contribution in [1.29, 1.82) is 0 Å². The minimum absolute atomic E-state index is 0.348. The van der Waals surface area contributed by atoms with Gasteiger partial charge in [0.15, 0.2) is 11.0 Å². The number of methoxy groups -OCH3 is 1. The summed E-state index contributed by atoms with van der Waals surface area (Å²) in [7, 11) is 1.64. The Morgan fingerprint density at radius 1 is 1.06 bits per heavy atom. The highest BCUT2D eigenvalue weighted by atomic mass is 35.5. The van der Waals surface area contributed by atoms with E-state index in [1.807, 2.05) is 48.5 Å². The van der Waals surface area contributed by atoms with Crippen LogP contribution in [0.15, 0.2) is 59.1 Å². The molecule has 0 fully saturated rings. The highest BCUT2D eigenvalue weighted by molar-refractivity contribution is 7.98. The van der Waals surface area contributed by atoms with E-state index in [4.69, 9.17) is 26.1 Å². The van der Waals surface area contributed by atoms with Crippen LogP contribution in [0.1, 0.15) is 18.4 Å². The molecule has 2 aromatic carbocycles. The normalized spacial score (nSPS) is 10.9. The molecule has 9 heteroatoms. The second kappa shape index (κ2) is 10.2. The van der Waals surface area contributed by atoms with Gasteiger partial charge in [-0.25, -0.2) is 4.98 Å². The van der Waals surface area contributed by atoms with Crippen LogP contribution in [-0.4, -0.2) is 26.9 Å². The maximum absolute atomic E-state index is 6.29. The Hall–Kier alpha value is -2.55. The minimum Gasteiger partial charge on any atom is -0.497 e. The lowest BCUT2D eigenvalue weighted by atomic mass is 10.2. The highest BCUT2D eigenvalue weighted by Crippen LogP contribution is 2.32. The lowest BCUT2D eigenvalue weighted by Gasteiger charge is -2.09. The molecule has 0 atom stereocenters. The largest absolute Gasteiger partial charge is 0.497 e. The summed E-state index contributed by atoms with van der Waals surface area (Å²) in [6.07, 6.45) is 0.